The van der Waals surface area contributed by atoms with Crippen molar-refractivity contribution in [3.8, 4) is 0 Å². The van der Waals surface area contributed by atoms with Gasteiger partial charge in [0.25, 0.3) is 0 Å². The summed E-state index contributed by atoms with van der Waals surface area (Å²) >= 11 is 0. The molecule has 21 heavy (non-hydrogen) atoms. The minimum atomic E-state index is 0.610. The zero-order valence-electron chi connectivity index (χ0n) is 12.6. The van der Waals surface area contributed by atoms with E-state index in [-0.39, 0.29) is 0 Å². The molecule has 0 amide bonds. The van der Waals surface area contributed by atoms with Gasteiger partial charge in [-0.05, 0) is 31.0 Å². The highest BCUT2D eigenvalue weighted by molar-refractivity contribution is 5.79. The molecule has 0 aliphatic carbocycles. The van der Waals surface area contributed by atoms with Crippen LogP contribution in [0.4, 0.5) is 0 Å². The molecule has 2 rings (SSSR count). The molecule has 2 N–H and O–H groups in total. The van der Waals surface area contributed by atoms with Crippen LogP contribution in [-0.4, -0.2) is 33.8 Å². The second-order valence-electron chi connectivity index (χ2n) is 4.68. The number of guanidine groups is 1. The highest BCUT2D eigenvalue weighted by atomic mass is 15.3. The van der Waals surface area contributed by atoms with Crippen LogP contribution in [-0.2, 0) is 20.0 Å². The van der Waals surface area contributed by atoms with Crippen LogP contribution in [0.1, 0.15) is 18.2 Å². The van der Waals surface area contributed by atoms with Gasteiger partial charge in [-0.1, -0.05) is 6.07 Å². The molecule has 0 unspecified atom stereocenters. The number of pyridine rings is 1. The second-order valence-corrected chi connectivity index (χ2v) is 4.68. The number of nitrogens with zero attached hydrogens (tertiary/aromatic N) is 4. The molecule has 6 nitrogen and oxygen atoms in total. The predicted octanol–water partition coefficient (Wildman–Crippen LogP) is 1.11. The molecule has 2 aromatic rings. The second kappa shape index (κ2) is 8.04. The number of aromatic nitrogens is 3. The first-order valence-corrected chi connectivity index (χ1v) is 7.17. The molecular formula is C15H22N6. The van der Waals surface area contributed by atoms with Gasteiger partial charge < -0.3 is 10.6 Å². The van der Waals surface area contributed by atoms with Crippen LogP contribution < -0.4 is 10.6 Å². The SMILES string of the molecule is CCNC(=NCc1ccnn1C)NCCc1cccnc1. The Kier molecular flexibility index (Phi) is 5.75. The fourth-order valence-electron chi connectivity index (χ4n) is 1.93. The first-order valence-electron chi connectivity index (χ1n) is 7.17. The lowest BCUT2D eigenvalue weighted by molar-refractivity contribution is 0.707. The zero-order valence-corrected chi connectivity index (χ0v) is 12.6. The minimum Gasteiger partial charge on any atom is -0.357 e. The fraction of sp³-hybridized carbons (Fsp3) is 0.400. The number of hydrogen-bond donors (Lipinski definition) is 2. The van der Waals surface area contributed by atoms with E-state index in [2.05, 4.69) is 38.7 Å². The van der Waals surface area contributed by atoms with Crippen molar-refractivity contribution in [1.82, 2.24) is 25.4 Å². The Morgan fingerprint density at radius 1 is 1.29 bits per heavy atom. The molecule has 0 saturated carbocycles. The topological polar surface area (TPSA) is 67.1 Å². The molecule has 112 valence electrons. The standard InChI is InChI=1S/C15H22N6/c1-3-17-15(19-12-14-7-10-20-21(14)2)18-9-6-13-5-4-8-16-11-13/h4-5,7-8,10-11H,3,6,9,12H2,1-2H3,(H2,17,18,19). The first-order chi connectivity index (χ1) is 10.3. The van der Waals surface area contributed by atoms with E-state index < -0.39 is 0 Å². The van der Waals surface area contributed by atoms with Crippen molar-refractivity contribution in [2.45, 2.75) is 19.9 Å². The number of hydrogen-bond acceptors (Lipinski definition) is 3. The van der Waals surface area contributed by atoms with Gasteiger partial charge in [0.15, 0.2) is 5.96 Å². The van der Waals surface area contributed by atoms with Gasteiger partial charge in [0, 0.05) is 38.7 Å². The smallest absolute Gasteiger partial charge is 0.191 e. The average Bonchev–Trinajstić information content (AvgIpc) is 2.91. The Hall–Kier alpha value is -2.37. The van der Waals surface area contributed by atoms with Gasteiger partial charge in [-0.2, -0.15) is 5.10 Å². The van der Waals surface area contributed by atoms with Crippen LogP contribution in [0.15, 0.2) is 41.8 Å². The van der Waals surface area contributed by atoms with Crippen molar-refractivity contribution in [2.24, 2.45) is 12.0 Å². The Morgan fingerprint density at radius 3 is 2.86 bits per heavy atom. The lowest BCUT2D eigenvalue weighted by Crippen LogP contribution is -2.38. The summed E-state index contributed by atoms with van der Waals surface area (Å²) in [5.41, 5.74) is 2.30. The minimum absolute atomic E-state index is 0.610. The van der Waals surface area contributed by atoms with Crippen LogP contribution >= 0.6 is 0 Å². The summed E-state index contributed by atoms with van der Waals surface area (Å²) in [7, 11) is 1.92. The molecule has 0 aliphatic rings. The third-order valence-electron chi connectivity index (χ3n) is 3.09. The highest BCUT2D eigenvalue weighted by Gasteiger charge is 2.00. The van der Waals surface area contributed by atoms with E-state index in [0.29, 0.717) is 6.54 Å². The third-order valence-corrected chi connectivity index (χ3v) is 3.09. The number of aryl methyl sites for hydroxylation is 1. The molecule has 0 radical (unpaired) electrons. The third kappa shape index (κ3) is 4.91. The van der Waals surface area contributed by atoms with Crippen LogP contribution in [0.3, 0.4) is 0 Å². The van der Waals surface area contributed by atoms with Gasteiger partial charge in [-0.25, -0.2) is 4.99 Å². The molecule has 0 spiro atoms. The van der Waals surface area contributed by atoms with E-state index in [0.717, 1.165) is 31.2 Å². The number of aliphatic imine (C=N–C) groups is 1. The van der Waals surface area contributed by atoms with E-state index in [1.165, 1.54) is 5.56 Å². The maximum absolute atomic E-state index is 4.57. The van der Waals surface area contributed by atoms with Crippen LogP contribution in [0.25, 0.3) is 0 Å². The lowest BCUT2D eigenvalue weighted by Gasteiger charge is -2.11. The quantitative estimate of drug-likeness (QED) is 0.617. The fourth-order valence-corrected chi connectivity index (χ4v) is 1.93. The van der Waals surface area contributed by atoms with E-state index in [1.54, 1.807) is 12.4 Å². The van der Waals surface area contributed by atoms with Gasteiger partial charge in [0.2, 0.25) is 0 Å². The zero-order chi connectivity index (χ0) is 14.9. The maximum Gasteiger partial charge on any atom is 0.191 e. The summed E-state index contributed by atoms with van der Waals surface area (Å²) in [6.45, 7) is 4.33. The van der Waals surface area contributed by atoms with Gasteiger partial charge in [0.1, 0.15) is 0 Å². The summed E-state index contributed by atoms with van der Waals surface area (Å²) in [5, 5.41) is 10.7. The molecular weight excluding hydrogens is 264 g/mol. The van der Waals surface area contributed by atoms with Gasteiger partial charge in [-0.15, -0.1) is 0 Å². The molecule has 0 saturated heterocycles. The van der Waals surface area contributed by atoms with Gasteiger partial charge in [-0.3, -0.25) is 9.67 Å². The van der Waals surface area contributed by atoms with Crippen LogP contribution in [0, 0.1) is 0 Å². The van der Waals surface area contributed by atoms with Crippen molar-refractivity contribution in [3.63, 3.8) is 0 Å². The van der Waals surface area contributed by atoms with E-state index in [9.17, 15) is 0 Å². The molecule has 0 bridgehead atoms. The van der Waals surface area contributed by atoms with Crippen molar-refractivity contribution in [2.75, 3.05) is 13.1 Å². The highest BCUT2D eigenvalue weighted by Crippen LogP contribution is 1.98. The molecule has 2 aromatic heterocycles. The van der Waals surface area contributed by atoms with Gasteiger partial charge >= 0.3 is 0 Å². The average molecular weight is 286 g/mol. The molecule has 2 heterocycles. The van der Waals surface area contributed by atoms with Crippen LogP contribution in [0.2, 0.25) is 0 Å². The Balaban J connectivity index is 1.85. The van der Waals surface area contributed by atoms with Crippen molar-refractivity contribution in [3.05, 3.63) is 48.0 Å². The largest absolute Gasteiger partial charge is 0.357 e. The maximum atomic E-state index is 4.57. The normalized spacial score (nSPS) is 11.4. The molecule has 0 aromatic carbocycles. The number of nitrogens with one attached hydrogen (secondary N) is 2. The molecule has 0 fully saturated rings. The summed E-state index contributed by atoms with van der Waals surface area (Å²) in [4.78, 5) is 8.68. The summed E-state index contributed by atoms with van der Waals surface area (Å²) in [6, 6.07) is 6.01. The van der Waals surface area contributed by atoms with Crippen molar-refractivity contribution in [1.29, 1.82) is 0 Å². The Morgan fingerprint density at radius 2 is 2.19 bits per heavy atom. The van der Waals surface area contributed by atoms with E-state index in [4.69, 9.17) is 0 Å². The Labute approximate surface area is 125 Å². The van der Waals surface area contributed by atoms with Crippen molar-refractivity contribution >= 4 is 5.96 Å². The predicted molar refractivity (Wildman–Crippen MR) is 84.0 cm³/mol. The molecule has 0 aliphatic heterocycles. The Bertz CT molecular complexity index is 561. The molecule has 0 atom stereocenters. The lowest BCUT2D eigenvalue weighted by atomic mass is 10.2. The van der Waals surface area contributed by atoms with E-state index >= 15 is 0 Å². The monoisotopic (exact) mass is 286 g/mol. The summed E-state index contributed by atoms with van der Waals surface area (Å²) in [5.74, 6) is 0.822. The summed E-state index contributed by atoms with van der Waals surface area (Å²) in [6.07, 6.45) is 6.38. The number of rotatable bonds is 6. The first kappa shape index (κ1) is 15.0. The van der Waals surface area contributed by atoms with E-state index in [1.807, 2.05) is 30.1 Å². The summed E-state index contributed by atoms with van der Waals surface area (Å²) < 4.78 is 1.84. The van der Waals surface area contributed by atoms with Crippen molar-refractivity contribution < 1.29 is 0 Å². The molecule has 6 heteroatoms. The van der Waals surface area contributed by atoms with Gasteiger partial charge in [0.05, 0.1) is 12.2 Å². The van der Waals surface area contributed by atoms with Crippen LogP contribution in [0.5, 0.6) is 0 Å².